The molecule has 0 amide bonds. The average Bonchev–Trinajstić information content (AvgIpc) is 2.82. The molecule has 0 saturated carbocycles. The molecule has 3 unspecified atom stereocenters. The van der Waals surface area contributed by atoms with Gasteiger partial charge in [0, 0.05) is 25.7 Å². The van der Waals surface area contributed by atoms with E-state index in [4.69, 9.17) is 24.1 Å². The molecule has 0 spiro atoms. The molecule has 0 radical (unpaired) electrons. The number of nitro groups is 1. The molecule has 0 bridgehead atoms. The zero-order valence-corrected chi connectivity index (χ0v) is 17.7. The van der Waals surface area contributed by atoms with Crippen LogP contribution in [0.3, 0.4) is 0 Å². The van der Waals surface area contributed by atoms with E-state index in [9.17, 15) is 40.8 Å². The lowest BCUT2D eigenvalue weighted by Crippen LogP contribution is -2.62. The number of nitro benzene ring substituents is 1. The summed E-state index contributed by atoms with van der Waals surface area (Å²) in [6.07, 6.45) is -12.3. The van der Waals surface area contributed by atoms with Crippen LogP contribution in [0.4, 0.5) is 5.69 Å². The van der Waals surface area contributed by atoms with Gasteiger partial charge in [-0.25, -0.2) is 0 Å². The van der Waals surface area contributed by atoms with Gasteiger partial charge in [0.1, 0.15) is 42.4 Å². The molecule has 0 aromatic heterocycles. The summed E-state index contributed by atoms with van der Waals surface area (Å²) in [5, 5.41) is 77.0. The van der Waals surface area contributed by atoms with Gasteiger partial charge >= 0.3 is 0 Å². The van der Waals surface area contributed by atoms with E-state index in [0.29, 0.717) is 0 Å². The first-order valence-corrected chi connectivity index (χ1v) is 10.0. The fourth-order valence-corrected chi connectivity index (χ4v) is 3.44. The summed E-state index contributed by atoms with van der Waals surface area (Å²) in [4.78, 5) is 10.2. The van der Waals surface area contributed by atoms with Crippen LogP contribution >= 0.6 is 0 Å². The highest BCUT2D eigenvalue weighted by molar-refractivity contribution is 5.36. The van der Waals surface area contributed by atoms with E-state index in [0.717, 1.165) is 7.11 Å². The normalized spacial score (nSPS) is 36.4. The number of aliphatic hydroxyl groups is 7. The van der Waals surface area contributed by atoms with Crippen molar-refractivity contribution in [2.75, 3.05) is 20.3 Å². The van der Waals surface area contributed by atoms with Gasteiger partial charge in [-0.15, -0.1) is 0 Å². The van der Waals surface area contributed by atoms with Gasteiger partial charge in [0.05, 0.1) is 24.2 Å². The highest BCUT2D eigenvalue weighted by atomic mass is 16.7. The van der Waals surface area contributed by atoms with Crippen LogP contribution in [0, 0.1) is 10.1 Å². The number of aliphatic hydroxyl groups excluding tert-OH is 7. The number of hydrogen-bond acceptors (Lipinski definition) is 13. The van der Waals surface area contributed by atoms with E-state index in [1.165, 1.54) is 24.3 Å². The van der Waals surface area contributed by atoms with Crippen LogP contribution in [0.1, 0.15) is 6.42 Å². The highest BCUT2D eigenvalue weighted by Gasteiger charge is 2.48. The Balaban J connectivity index is 0.00000187. The van der Waals surface area contributed by atoms with Gasteiger partial charge in [0.15, 0.2) is 6.29 Å². The van der Waals surface area contributed by atoms with Crippen LogP contribution in [0.15, 0.2) is 24.3 Å². The SMILES string of the molecule is CO.O=[N+]([O-])c1ccc(O[C@H]2C[C@@H](O)[C@H](O[C@H]3OC(CO)[C@H](O)[C@@H](O)C3O)C(CO)O2)cc1. The summed E-state index contributed by atoms with van der Waals surface area (Å²) < 4.78 is 21.9. The van der Waals surface area contributed by atoms with Gasteiger partial charge in [-0.2, -0.15) is 0 Å². The fraction of sp³-hybridized carbons (Fsp3) is 0.684. The second-order valence-corrected chi connectivity index (χ2v) is 7.26. The Morgan fingerprint density at radius 1 is 0.970 bits per heavy atom. The smallest absolute Gasteiger partial charge is 0.269 e. The van der Waals surface area contributed by atoms with Crippen LogP contribution in [0.2, 0.25) is 0 Å². The topological polar surface area (TPSA) is 222 Å². The third-order valence-corrected chi connectivity index (χ3v) is 5.14. The molecule has 188 valence electrons. The Morgan fingerprint density at radius 3 is 2.12 bits per heavy atom. The molecule has 2 aliphatic heterocycles. The first-order chi connectivity index (χ1) is 15.7. The number of ether oxygens (including phenoxy) is 4. The minimum Gasteiger partial charge on any atom is -0.465 e. The van der Waals surface area contributed by atoms with Gasteiger partial charge in [0.25, 0.3) is 5.69 Å². The van der Waals surface area contributed by atoms with Crippen molar-refractivity contribution >= 4 is 5.69 Å². The van der Waals surface area contributed by atoms with Crippen LogP contribution in [0.25, 0.3) is 0 Å². The molecular formula is C19H29NO13. The van der Waals surface area contributed by atoms with Gasteiger partial charge in [-0.1, -0.05) is 0 Å². The molecule has 2 heterocycles. The zero-order chi connectivity index (χ0) is 24.7. The molecular weight excluding hydrogens is 450 g/mol. The van der Waals surface area contributed by atoms with Gasteiger partial charge in [-0.3, -0.25) is 10.1 Å². The van der Waals surface area contributed by atoms with Crippen LogP contribution in [0.5, 0.6) is 5.75 Å². The monoisotopic (exact) mass is 479 g/mol. The molecule has 7 N–H and O–H groups in total. The fourth-order valence-electron chi connectivity index (χ4n) is 3.44. The lowest BCUT2D eigenvalue weighted by Gasteiger charge is -2.44. The van der Waals surface area contributed by atoms with Crippen LogP contribution in [-0.4, -0.2) is 116 Å². The van der Waals surface area contributed by atoms with Crippen molar-refractivity contribution in [3.05, 3.63) is 34.4 Å². The molecule has 2 saturated heterocycles. The van der Waals surface area contributed by atoms with E-state index >= 15 is 0 Å². The lowest BCUT2D eigenvalue weighted by atomic mass is 9.98. The number of hydrogen-bond donors (Lipinski definition) is 7. The molecule has 14 nitrogen and oxygen atoms in total. The van der Waals surface area contributed by atoms with Crippen molar-refractivity contribution in [1.29, 1.82) is 0 Å². The number of rotatable bonds is 7. The summed E-state index contributed by atoms with van der Waals surface area (Å²) in [5.41, 5.74) is -0.127. The first kappa shape index (κ1) is 27.3. The molecule has 1 aromatic carbocycles. The number of non-ortho nitro benzene ring substituents is 1. The summed E-state index contributed by atoms with van der Waals surface area (Å²) in [7, 11) is 1.00. The van der Waals surface area contributed by atoms with E-state index in [-0.39, 0.29) is 17.9 Å². The first-order valence-electron chi connectivity index (χ1n) is 10.0. The maximum absolute atomic E-state index is 10.7. The van der Waals surface area contributed by atoms with Gasteiger partial charge < -0.3 is 54.7 Å². The average molecular weight is 479 g/mol. The van der Waals surface area contributed by atoms with Crippen molar-refractivity contribution in [2.24, 2.45) is 0 Å². The second kappa shape index (κ2) is 12.5. The molecule has 3 rings (SSSR count). The second-order valence-electron chi connectivity index (χ2n) is 7.26. The van der Waals surface area contributed by atoms with Gasteiger partial charge in [-0.05, 0) is 12.1 Å². The van der Waals surface area contributed by atoms with Crippen LogP contribution in [-0.2, 0) is 14.2 Å². The highest BCUT2D eigenvalue weighted by Crippen LogP contribution is 2.30. The van der Waals surface area contributed by atoms with E-state index < -0.39 is 73.4 Å². The van der Waals surface area contributed by atoms with E-state index in [1.807, 2.05) is 0 Å². The molecule has 2 aliphatic rings. The predicted molar refractivity (Wildman–Crippen MR) is 107 cm³/mol. The molecule has 1 aromatic rings. The lowest BCUT2D eigenvalue weighted by molar-refractivity contribution is -0.384. The standard InChI is InChI=1S/C18H25NO12.CH4O/c20-6-11-14(23)15(24)16(25)18(30-11)31-17-10(22)5-13(29-12(17)7-21)28-9-3-1-8(2-4-9)19(26)27;1-2/h1-4,10-18,20-25H,5-7H2;2H,1H3/t10-,11?,12?,13-,14+,15-,16?,17+,18-;/m1./s1. The third-order valence-electron chi connectivity index (χ3n) is 5.14. The van der Waals surface area contributed by atoms with Crippen molar-refractivity contribution in [3.63, 3.8) is 0 Å². The van der Waals surface area contributed by atoms with Crippen molar-refractivity contribution in [1.82, 2.24) is 0 Å². The Hall–Kier alpha value is -1.98. The van der Waals surface area contributed by atoms with Crippen molar-refractivity contribution in [3.8, 4) is 5.75 Å². The largest absolute Gasteiger partial charge is 0.465 e. The minimum atomic E-state index is -1.68. The molecule has 2 fully saturated rings. The molecule has 9 atom stereocenters. The summed E-state index contributed by atoms with van der Waals surface area (Å²) in [6.45, 7) is -1.25. The van der Waals surface area contributed by atoms with Crippen molar-refractivity contribution in [2.45, 2.75) is 61.7 Å². The third kappa shape index (κ3) is 6.54. The zero-order valence-electron chi connectivity index (χ0n) is 17.7. The summed E-state index contributed by atoms with van der Waals surface area (Å²) in [6, 6.07) is 5.20. The number of nitrogens with zero attached hydrogens (tertiary/aromatic N) is 1. The van der Waals surface area contributed by atoms with Crippen LogP contribution < -0.4 is 4.74 Å². The maximum Gasteiger partial charge on any atom is 0.269 e. The van der Waals surface area contributed by atoms with Crippen molar-refractivity contribution < 1.29 is 59.6 Å². The number of benzene rings is 1. The Kier molecular flexibility index (Phi) is 10.3. The quantitative estimate of drug-likeness (QED) is 0.156. The summed E-state index contributed by atoms with van der Waals surface area (Å²) in [5.74, 6) is 0.243. The summed E-state index contributed by atoms with van der Waals surface area (Å²) >= 11 is 0. The van der Waals surface area contributed by atoms with E-state index in [1.54, 1.807) is 0 Å². The van der Waals surface area contributed by atoms with Gasteiger partial charge in [0.2, 0.25) is 6.29 Å². The Labute approximate surface area is 188 Å². The maximum atomic E-state index is 10.7. The Morgan fingerprint density at radius 2 is 1.58 bits per heavy atom. The molecule has 0 aliphatic carbocycles. The minimum absolute atomic E-state index is 0.115. The molecule has 14 heteroatoms. The molecule has 33 heavy (non-hydrogen) atoms. The predicted octanol–water partition coefficient (Wildman–Crippen LogP) is -2.76. The van der Waals surface area contributed by atoms with E-state index in [2.05, 4.69) is 0 Å². The Bertz CT molecular complexity index is 733.